The van der Waals surface area contributed by atoms with E-state index in [0.29, 0.717) is 19.6 Å². The summed E-state index contributed by atoms with van der Waals surface area (Å²) in [5.41, 5.74) is -0.578. The van der Waals surface area contributed by atoms with Crippen LogP contribution in [0.15, 0.2) is 12.1 Å². The lowest BCUT2D eigenvalue weighted by Gasteiger charge is -2.15. The SMILES string of the molecule is COC(=O)c1cc(OC2CCOC2)c(OC)cc1[N+](=O)[O-]. The predicted molar refractivity (Wildman–Crippen MR) is 70.8 cm³/mol. The molecule has 1 heterocycles. The Kier molecular flexibility index (Phi) is 4.59. The fourth-order valence-electron chi connectivity index (χ4n) is 2.01. The van der Waals surface area contributed by atoms with Gasteiger partial charge in [0.25, 0.3) is 5.69 Å². The molecule has 0 aliphatic carbocycles. The zero-order valence-corrected chi connectivity index (χ0v) is 11.7. The number of rotatable bonds is 5. The van der Waals surface area contributed by atoms with Crippen LogP contribution in [0.5, 0.6) is 11.5 Å². The number of methoxy groups -OCH3 is 2. The highest BCUT2D eigenvalue weighted by molar-refractivity contribution is 5.94. The van der Waals surface area contributed by atoms with E-state index in [4.69, 9.17) is 14.2 Å². The van der Waals surface area contributed by atoms with Crippen molar-refractivity contribution in [1.82, 2.24) is 0 Å². The normalized spacial score (nSPS) is 17.3. The van der Waals surface area contributed by atoms with Crippen LogP contribution in [0.1, 0.15) is 16.8 Å². The summed E-state index contributed by atoms with van der Waals surface area (Å²) < 4.78 is 20.5. The minimum absolute atomic E-state index is 0.175. The number of esters is 1. The van der Waals surface area contributed by atoms with Crippen molar-refractivity contribution >= 4 is 11.7 Å². The van der Waals surface area contributed by atoms with Gasteiger partial charge >= 0.3 is 5.97 Å². The number of hydrogen-bond donors (Lipinski definition) is 0. The fraction of sp³-hybridized carbons (Fsp3) is 0.462. The lowest BCUT2D eigenvalue weighted by Crippen LogP contribution is -2.17. The summed E-state index contributed by atoms with van der Waals surface area (Å²) in [4.78, 5) is 22.1. The second-order valence-corrected chi connectivity index (χ2v) is 4.37. The van der Waals surface area contributed by atoms with Crippen molar-refractivity contribution in [1.29, 1.82) is 0 Å². The largest absolute Gasteiger partial charge is 0.493 e. The molecule has 0 radical (unpaired) electrons. The van der Waals surface area contributed by atoms with Gasteiger partial charge in [-0.1, -0.05) is 0 Å². The smallest absolute Gasteiger partial charge is 0.345 e. The Hall–Kier alpha value is -2.35. The predicted octanol–water partition coefficient (Wildman–Crippen LogP) is 1.56. The van der Waals surface area contributed by atoms with Gasteiger partial charge in [0.2, 0.25) is 0 Å². The number of ether oxygens (including phenoxy) is 4. The van der Waals surface area contributed by atoms with Gasteiger partial charge in [-0.15, -0.1) is 0 Å². The second kappa shape index (κ2) is 6.40. The van der Waals surface area contributed by atoms with E-state index < -0.39 is 16.6 Å². The van der Waals surface area contributed by atoms with Crippen LogP contribution in [0.2, 0.25) is 0 Å². The molecule has 1 saturated heterocycles. The number of carbonyl (C=O) groups is 1. The van der Waals surface area contributed by atoms with Crippen molar-refractivity contribution in [3.05, 3.63) is 27.8 Å². The van der Waals surface area contributed by atoms with Crippen LogP contribution in [0.25, 0.3) is 0 Å². The van der Waals surface area contributed by atoms with E-state index in [-0.39, 0.29) is 23.2 Å². The standard InChI is InChI=1S/C13H15NO7/c1-18-11-6-10(14(16)17)9(13(15)19-2)5-12(11)21-8-3-4-20-7-8/h5-6,8H,3-4,7H2,1-2H3. The van der Waals surface area contributed by atoms with Gasteiger partial charge in [-0.05, 0) is 0 Å². The summed E-state index contributed by atoms with van der Waals surface area (Å²) in [5.74, 6) is -0.378. The van der Waals surface area contributed by atoms with Crippen molar-refractivity contribution in [3.63, 3.8) is 0 Å². The first-order chi connectivity index (χ1) is 10.1. The Balaban J connectivity index is 2.42. The second-order valence-electron chi connectivity index (χ2n) is 4.37. The van der Waals surface area contributed by atoms with Crippen LogP contribution >= 0.6 is 0 Å². The van der Waals surface area contributed by atoms with Crippen LogP contribution < -0.4 is 9.47 Å². The van der Waals surface area contributed by atoms with Crippen LogP contribution in [0.4, 0.5) is 5.69 Å². The minimum Gasteiger partial charge on any atom is -0.493 e. The van der Waals surface area contributed by atoms with Gasteiger partial charge in [-0.3, -0.25) is 10.1 Å². The van der Waals surface area contributed by atoms with E-state index in [1.54, 1.807) is 0 Å². The van der Waals surface area contributed by atoms with Crippen LogP contribution in [-0.2, 0) is 9.47 Å². The third-order valence-electron chi connectivity index (χ3n) is 3.07. The molecule has 0 saturated carbocycles. The topological polar surface area (TPSA) is 97.1 Å². The average Bonchev–Trinajstić information content (AvgIpc) is 2.98. The molecule has 1 aliphatic heterocycles. The van der Waals surface area contributed by atoms with E-state index in [9.17, 15) is 14.9 Å². The number of nitro benzene ring substituents is 1. The zero-order valence-electron chi connectivity index (χ0n) is 11.7. The van der Waals surface area contributed by atoms with E-state index in [2.05, 4.69) is 4.74 Å². The van der Waals surface area contributed by atoms with E-state index >= 15 is 0 Å². The molecule has 0 N–H and O–H groups in total. The number of benzene rings is 1. The Morgan fingerprint density at radius 3 is 2.67 bits per heavy atom. The van der Waals surface area contributed by atoms with Gasteiger partial charge in [0.1, 0.15) is 11.7 Å². The first kappa shape index (κ1) is 15.0. The van der Waals surface area contributed by atoms with Crippen molar-refractivity contribution in [2.24, 2.45) is 0 Å². The molecule has 2 rings (SSSR count). The van der Waals surface area contributed by atoms with Gasteiger partial charge < -0.3 is 18.9 Å². The third-order valence-corrected chi connectivity index (χ3v) is 3.07. The van der Waals surface area contributed by atoms with Crippen molar-refractivity contribution < 1.29 is 28.7 Å². The number of hydrogen-bond acceptors (Lipinski definition) is 7. The Morgan fingerprint density at radius 1 is 1.38 bits per heavy atom. The molecular formula is C13H15NO7. The molecule has 21 heavy (non-hydrogen) atoms. The number of carbonyl (C=O) groups excluding carboxylic acids is 1. The maximum Gasteiger partial charge on any atom is 0.345 e. The summed E-state index contributed by atoms with van der Waals surface area (Å²) in [6.07, 6.45) is 0.527. The van der Waals surface area contributed by atoms with Crippen molar-refractivity contribution in [2.45, 2.75) is 12.5 Å². The molecule has 1 aliphatic rings. The first-order valence-electron chi connectivity index (χ1n) is 6.26. The summed E-state index contributed by atoms with van der Waals surface area (Å²) in [5, 5.41) is 11.0. The first-order valence-corrected chi connectivity index (χ1v) is 6.26. The summed E-state index contributed by atoms with van der Waals surface area (Å²) in [7, 11) is 2.52. The molecule has 1 atom stereocenters. The molecule has 114 valence electrons. The lowest BCUT2D eigenvalue weighted by atomic mass is 10.1. The van der Waals surface area contributed by atoms with Crippen molar-refractivity contribution in [2.75, 3.05) is 27.4 Å². The van der Waals surface area contributed by atoms with E-state index in [1.165, 1.54) is 13.2 Å². The summed E-state index contributed by atoms with van der Waals surface area (Å²) in [6, 6.07) is 2.42. The lowest BCUT2D eigenvalue weighted by molar-refractivity contribution is -0.385. The van der Waals surface area contributed by atoms with Gasteiger partial charge in [-0.25, -0.2) is 4.79 Å². The molecule has 0 bridgehead atoms. The highest BCUT2D eigenvalue weighted by atomic mass is 16.6. The Labute approximate surface area is 120 Å². The van der Waals surface area contributed by atoms with Gasteiger partial charge in [0.05, 0.1) is 38.4 Å². The highest BCUT2D eigenvalue weighted by Gasteiger charge is 2.27. The summed E-state index contributed by atoms with van der Waals surface area (Å²) in [6.45, 7) is 1.01. The molecule has 0 aromatic heterocycles. The molecule has 0 spiro atoms. The Morgan fingerprint density at radius 2 is 2.14 bits per heavy atom. The minimum atomic E-state index is -0.808. The van der Waals surface area contributed by atoms with E-state index in [1.807, 2.05) is 0 Å². The van der Waals surface area contributed by atoms with Crippen molar-refractivity contribution in [3.8, 4) is 11.5 Å². The molecule has 8 nitrogen and oxygen atoms in total. The quantitative estimate of drug-likeness (QED) is 0.462. The monoisotopic (exact) mass is 297 g/mol. The molecule has 0 amide bonds. The Bertz CT molecular complexity index is 552. The zero-order chi connectivity index (χ0) is 15.4. The third kappa shape index (κ3) is 3.22. The fourth-order valence-corrected chi connectivity index (χ4v) is 2.01. The maximum absolute atomic E-state index is 11.7. The highest BCUT2D eigenvalue weighted by Crippen LogP contribution is 2.36. The molecule has 1 unspecified atom stereocenters. The number of nitro groups is 1. The molecular weight excluding hydrogens is 282 g/mol. The van der Waals surface area contributed by atoms with Gasteiger partial charge in [0.15, 0.2) is 11.5 Å². The number of nitrogens with zero attached hydrogens (tertiary/aromatic N) is 1. The van der Waals surface area contributed by atoms with Crippen LogP contribution in [0.3, 0.4) is 0 Å². The van der Waals surface area contributed by atoms with Gasteiger partial charge in [0, 0.05) is 12.5 Å². The average molecular weight is 297 g/mol. The van der Waals surface area contributed by atoms with Crippen LogP contribution in [-0.4, -0.2) is 44.4 Å². The van der Waals surface area contributed by atoms with Gasteiger partial charge in [-0.2, -0.15) is 0 Å². The maximum atomic E-state index is 11.7. The van der Waals surface area contributed by atoms with Crippen LogP contribution in [0, 0.1) is 10.1 Å². The molecule has 1 aromatic carbocycles. The summed E-state index contributed by atoms with van der Waals surface area (Å²) >= 11 is 0. The van der Waals surface area contributed by atoms with E-state index in [0.717, 1.165) is 13.2 Å². The molecule has 1 aromatic rings. The molecule has 8 heteroatoms. The molecule has 1 fully saturated rings.